The van der Waals surface area contributed by atoms with Gasteiger partial charge in [0.15, 0.2) is 0 Å². The molecule has 0 spiro atoms. The number of carbonyl (C=O) groups is 3. The van der Waals surface area contributed by atoms with Crippen molar-refractivity contribution in [2.24, 2.45) is 0 Å². The van der Waals surface area contributed by atoms with E-state index >= 15 is 0 Å². The van der Waals surface area contributed by atoms with Gasteiger partial charge >= 0.3 is 5.97 Å². The van der Waals surface area contributed by atoms with Crippen LogP contribution in [0.25, 0.3) is 11.1 Å². The molecule has 0 unspecified atom stereocenters. The quantitative estimate of drug-likeness (QED) is 0.193. The van der Waals surface area contributed by atoms with Crippen molar-refractivity contribution in [2.75, 3.05) is 23.5 Å². The summed E-state index contributed by atoms with van der Waals surface area (Å²) in [6, 6.07) is 22.6. The molecular formula is C29H26N2O4S2. The SMILES string of the molecule is COC(=O)c1c(-c2ccc(C)cc2)csc1NC(=O)CSc1cccc(NC(=O)c2ccccc2C)c1. The Bertz CT molecular complexity index is 1440. The van der Waals surface area contributed by atoms with E-state index in [1.807, 2.05) is 79.9 Å². The first-order chi connectivity index (χ1) is 17.9. The molecular weight excluding hydrogens is 504 g/mol. The fourth-order valence-corrected chi connectivity index (χ4v) is 5.43. The molecule has 0 fully saturated rings. The zero-order valence-electron chi connectivity index (χ0n) is 20.7. The molecule has 0 bridgehead atoms. The van der Waals surface area contributed by atoms with E-state index in [4.69, 9.17) is 4.74 Å². The first-order valence-corrected chi connectivity index (χ1v) is 13.4. The van der Waals surface area contributed by atoms with Crippen molar-refractivity contribution in [1.29, 1.82) is 0 Å². The van der Waals surface area contributed by atoms with Gasteiger partial charge in [-0.2, -0.15) is 0 Å². The third-order valence-electron chi connectivity index (χ3n) is 5.65. The van der Waals surface area contributed by atoms with Gasteiger partial charge in [0.1, 0.15) is 10.6 Å². The summed E-state index contributed by atoms with van der Waals surface area (Å²) in [7, 11) is 1.32. The summed E-state index contributed by atoms with van der Waals surface area (Å²) in [6.07, 6.45) is 0. The van der Waals surface area contributed by atoms with Crippen LogP contribution in [0, 0.1) is 13.8 Å². The van der Waals surface area contributed by atoms with Gasteiger partial charge in [0.2, 0.25) is 5.91 Å². The number of amides is 2. The third-order valence-corrected chi connectivity index (χ3v) is 7.54. The highest BCUT2D eigenvalue weighted by molar-refractivity contribution is 8.00. The molecule has 2 amide bonds. The summed E-state index contributed by atoms with van der Waals surface area (Å²) in [5, 5.41) is 8.07. The van der Waals surface area contributed by atoms with Gasteiger partial charge in [0.05, 0.1) is 12.9 Å². The van der Waals surface area contributed by atoms with Gasteiger partial charge in [-0.3, -0.25) is 9.59 Å². The summed E-state index contributed by atoms with van der Waals surface area (Å²) in [5.74, 6) is -0.804. The van der Waals surface area contributed by atoms with Crippen LogP contribution in [0.3, 0.4) is 0 Å². The maximum atomic E-state index is 12.8. The highest BCUT2D eigenvalue weighted by Crippen LogP contribution is 2.36. The van der Waals surface area contributed by atoms with Crippen molar-refractivity contribution < 1.29 is 19.1 Å². The number of benzene rings is 3. The van der Waals surface area contributed by atoms with Crippen LogP contribution in [0.5, 0.6) is 0 Å². The normalized spacial score (nSPS) is 10.6. The predicted molar refractivity (Wildman–Crippen MR) is 151 cm³/mol. The zero-order chi connectivity index (χ0) is 26.4. The molecule has 4 aromatic rings. The zero-order valence-corrected chi connectivity index (χ0v) is 22.3. The summed E-state index contributed by atoms with van der Waals surface area (Å²) >= 11 is 2.63. The molecule has 0 atom stereocenters. The van der Waals surface area contributed by atoms with Crippen molar-refractivity contribution in [2.45, 2.75) is 18.7 Å². The van der Waals surface area contributed by atoms with Crippen molar-refractivity contribution in [3.05, 3.63) is 100 Å². The topological polar surface area (TPSA) is 84.5 Å². The van der Waals surface area contributed by atoms with E-state index in [0.717, 1.165) is 27.1 Å². The number of carbonyl (C=O) groups excluding carboxylic acids is 3. The Labute approximate surface area is 224 Å². The lowest BCUT2D eigenvalue weighted by molar-refractivity contribution is -0.113. The van der Waals surface area contributed by atoms with Gasteiger partial charge in [0, 0.05) is 27.1 Å². The van der Waals surface area contributed by atoms with Crippen LogP contribution in [0.1, 0.15) is 31.8 Å². The van der Waals surface area contributed by atoms with E-state index in [2.05, 4.69) is 10.6 Å². The highest BCUT2D eigenvalue weighted by Gasteiger charge is 2.22. The minimum absolute atomic E-state index is 0.133. The van der Waals surface area contributed by atoms with Crippen LogP contribution in [0.4, 0.5) is 10.7 Å². The van der Waals surface area contributed by atoms with Crippen molar-refractivity contribution >= 4 is 51.6 Å². The summed E-state index contributed by atoms with van der Waals surface area (Å²) in [4.78, 5) is 38.8. The maximum Gasteiger partial charge on any atom is 0.341 e. The average molecular weight is 531 g/mol. The molecule has 37 heavy (non-hydrogen) atoms. The number of methoxy groups -OCH3 is 1. The fraction of sp³-hybridized carbons (Fsp3) is 0.138. The van der Waals surface area contributed by atoms with Gasteiger partial charge in [-0.25, -0.2) is 4.79 Å². The van der Waals surface area contributed by atoms with Gasteiger partial charge in [-0.1, -0.05) is 54.1 Å². The minimum atomic E-state index is -0.503. The number of thioether (sulfide) groups is 1. The average Bonchev–Trinajstić information content (AvgIpc) is 3.31. The number of anilines is 2. The van der Waals surface area contributed by atoms with E-state index in [0.29, 0.717) is 21.8 Å². The molecule has 1 aromatic heterocycles. The van der Waals surface area contributed by atoms with Crippen molar-refractivity contribution in [3.63, 3.8) is 0 Å². The molecule has 2 N–H and O–H groups in total. The molecule has 3 aromatic carbocycles. The van der Waals surface area contributed by atoms with Gasteiger partial charge in [-0.15, -0.1) is 23.1 Å². The number of rotatable bonds is 8. The van der Waals surface area contributed by atoms with E-state index in [-0.39, 0.29) is 17.6 Å². The lowest BCUT2D eigenvalue weighted by atomic mass is 10.0. The largest absolute Gasteiger partial charge is 0.465 e. The monoisotopic (exact) mass is 530 g/mol. The Morgan fingerprint density at radius 2 is 1.68 bits per heavy atom. The Hall–Kier alpha value is -3.88. The number of nitrogens with one attached hydrogen (secondary N) is 2. The second-order valence-electron chi connectivity index (χ2n) is 8.34. The Balaban J connectivity index is 1.42. The minimum Gasteiger partial charge on any atom is -0.465 e. The van der Waals surface area contributed by atoms with E-state index < -0.39 is 5.97 Å². The van der Waals surface area contributed by atoms with Crippen LogP contribution in [0.2, 0.25) is 0 Å². The molecule has 1 heterocycles. The highest BCUT2D eigenvalue weighted by atomic mass is 32.2. The number of thiophene rings is 1. The third kappa shape index (κ3) is 6.47. The first kappa shape index (κ1) is 26.2. The van der Waals surface area contributed by atoms with E-state index in [1.54, 1.807) is 12.1 Å². The van der Waals surface area contributed by atoms with E-state index in [9.17, 15) is 14.4 Å². The van der Waals surface area contributed by atoms with Gasteiger partial charge < -0.3 is 15.4 Å². The standard InChI is InChI=1S/C29H26N2O4S2/c1-18-11-13-20(14-12-18)24-16-37-28(26(24)29(34)35-3)31-25(32)17-36-22-9-6-8-21(15-22)30-27(33)23-10-5-4-7-19(23)2/h4-16H,17H2,1-3H3,(H,30,33)(H,31,32). The molecule has 4 rings (SSSR count). The summed E-state index contributed by atoms with van der Waals surface area (Å²) in [6.45, 7) is 3.89. The molecule has 8 heteroatoms. The van der Waals surface area contributed by atoms with Gasteiger partial charge in [0.25, 0.3) is 5.91 Å². The number of esters is 1. The van der Waals surface area contributed by atoms with E-state index in [1.165, 1.54) is 30.2 Å². The lowest BCUT2D eigenvalue weighted by Crippen LogP contribution is -2.16. The Morgan fingerprint density at radius 1 is 0.919 bits per heavy atom. The fourth-order valence-electron chi connectivity index (χ4n) is 3.70. The van der Waals surface area contributed by atoms with Crippen LogP contribution < -0.4 is 10.6 Å². The maximum absolute atomic E-state index is 12.8. The molecule has 188 valence electrons. The van der Waals surface area contributed by atoms with Crippen LogP contribution in [-0.2, 0) is 9.53 Å². The summed E-state index contributed by atoms with van der Waals surface area (Å²) in [5.41, 5.74) is 5.21. The van der Waals surface area contributed by atoms with Crippen LogP contribution in [0.15, 0.2) is 83.1 Å². The summed E-state index contributed by atoms with van der Waals surface area (Å²) < 4.78 is 4.99. The predicted octanol–water partition coefficient (Wildman–Crippen LogP) is 6.80. The Morgan fingerprint density at radius 3 is 2.41 bits per heavy atom. The lowest BCUT2D eigenvalue weighted by Gasteiger charge is -2.10. The molecule has 0 aliphatic carbocycles. The van der Waals surface area contributed by atoms with Crippen LogP contribution >= 0.6 is 23.1 Å². The Kier molecular flexibility index (Phi) is 8.43. The first-order valence-electron chi connectivity index (χ1n) is 11.5. The molecule has 0 saturated heterocycles. The molecule has 0 aliphatic heterocycles. The van der Waals surface area contributed by atoms with Crippen LogP contribution in [-0.4, -0.2) is 30.6 Å². The number of aryl methyl sites for hydroxylation is 2. The van der Waals surface area contributed by atoms with Crippen molar-refractivity contribution in [1.82, 2.24) is 0 Å². The number of hydrogen-bond acceptors (Lipinski definition) is 6. The molecule has 0 radical (unpaired) electrons. The number of ether oxygens (including phenoxy) is 1. The second kappa shape index (κ2) is 11.9. The molecule has 6 nitrogen and oxygen atoms in total. The van der Waals surface area contributed by atoms with Crippen molar-refractivity contribution in [3.8, 4) is 11.1 Å². The van der Waals surface area contributed by atoms with Gasteiger partial charge in [-0.05, 0) is 49.2 Å². The second-order valence-corrected chi connectivity index (χ2v) is 10.3. The molecule has 0 saturated carbocycles. The number of hydrogen-bond donors (Lipinski definition) is 2. The smallest absolute Gasteiger partial charge is 0.341 e. The molecule has 0 aliphatic rings.